The molecule has 29 heavy (non-hydrogen) atoms. The molecule has 1 heterocycles. The fourth-order valence-corrected chi connectivity index (χ4v) is 3.11. The smallest absolute Gasteiger partial charge is 0.407 e. The molecule has 1 aliphatic rings. The molecule has 3 N–H and O–H groups in total. The number of nitrogens with zero attached hydrogens (tertiary/aromatic N) is 4. The minimum atomic E-state index is -0.480. The first-order valence-corrected chi connectivity index (χ1v) is 10.2. The second-order valence-corrected chi connectivity index (χ2v) is 8.40. The average Bonchev–Trinajstić information content (AvgIpc) is 2.96. The van der Waals surface area contributed by atoms with Crippen molar-refractivity contribution in [1.29, 1.82) is 0 Å². The van der Waals surface area contributed by atoms with Crippen molar-refractivity contribution in [3.63, 3.8) is 0 Å². The Kier molecular flexibility index (Phi) is 8.04. The molecule has 0 saturated heterocycles. The molecule has 9 nitrogen and oxygen atoms in total. The van der Waals surface area contributed by atoms with E-state index in [9.17, 15) is 4.79 Å². The van der Waals surface area contributed by atoms with Gasteiger partial charge in [0.1, 0.15) is 18.0 Å². The predicted molar refractivity (Wildman–Crippen MR) is 114 cm³/mol. The molecule has 2 rings (SSSR count). The summed E-state index contributed by atoms with van der Waals surface area (Å²) in [7, 11) is 1.93. The van der Waals surface area contributed by atoms with Gasteiger partial charge in [0.2, 0.25) is 0 Å². The zero-order valence-electron chi connectivity index (χ0n) is 18.3. The molecular weight excluding hydrogens is 370 g/mol. The number of rotatable bonds is 6. The largest absolute Gasteiger partial charge is 0.444 e. The Hall–Kier alpha value is -2.58. The molecule has 1 aromatic rings. The first kappa shape index (κ1) is 22.7. The van der Waals surface area contributed by atoms with E-state index in [0.29, 0.717) is 19.1 Å². The fourth-order valence-electron chi connectivity index (χ4n) is 3.11. The number of aryl methyl sites for hydroxylation is 1. The van der Waals surface area contributed by atoms with Gasteiger partial charge in [-0.3, -0.25) is 0 Å². The summed E-state index contributed by atoms with van der Waals surface area (Å²) in [4.78, 5) is 16.6. The van der Waals surface area contributed by atoms with Crippen molar-refractivity contribution in [1.82, 2.24) is 30.7 Å². The van der Waals surface area contributed by atoms with E-state index in [1.807, 2.05) is 39.3 Å². The van der Waals surface area contributed by atoms with Crippen molar-refractivity contribution >= 4 is 12.1 Å². The van der Waals surface area contributed by atoms with Crippen LogP contribution < -0.4 is 16.0 Å². The molecule has 1 saturated carbocycles. The molecule has 0 radical (unpaired) electrons. The molecule has 0 spiro atoms. The fraction of sp³-hybridized carbons (Fsp3) is 0.700. The van der Waals surface area contributed by atoms with Crippen LogP contribution in [-0.2, 0) is 18.3 Å². The maximum atomic E-state index is 12.0. The summed E-state index contributed by atoms with van der Waals surface area (Å²) in [5, 5.41) is 17.9. The maximum absolute atomic E-state index is 12.0. The SMILES string of the molecule is C=CCNC(=NCc1nnc(C)n1C)NC1CCC(NC(=O)OC(C)(C)C)CC1. The lowest BCUT2D eigenvalue weighted by molar-refractivity contribution is 0.0490. The van der Waals surface area contributed by atoms with Crippen LogP contribution in [0.15, 0.2) is 17.6 Å². The van der Waals surface area contributed by atoms with Crippen LogP contribution in [0.4, 0.5) is 4.79 Å². The number of aliphatic imine (C=N–C) groups is 1. The van der Waals surface area contributed by atoms with Gasteiger partial charge in [-0.05, 0) is 53.4 Å². The summed E-state index contributed by atoms with van der Waals surface area (Å²) in [5.41, 5.74) is -0.480. The van der Waals surface area contributed by atoms with Crippen LogP contribution in [-0.4, -0.2) is 51.0 Å². The maximum Gasteiger partial charge on any atom is 0.407 e. The van der Waals surface area contributed by atoms with E-state index in [-0.39, 0.29) is 12.1 Å². The summed E-state index contributed by atoms with van der Waals surface area (Å²) in [6.45, 7) is 12.3. The molecule has 0 aromatic carbocycles. The van der Waals surface area contributed by atoms with Crippen LogP contribution in [0, 0.1) is 6.92 Å². The standard InChI is InChI=1S/C20H35N7O2/c1-7-12-21-18(22-13-17-26-25-14(2)27(17)6)23-15-8-10-16(11-9-15)24-19(28)29-20(3,4)5/h7,15-16H,1,8-13H2,2-6H3,(H,24,28)(H2,21,22,23). The van der Waals surface area contributed by atoms with Crippen molar-refractivity contribution in [3.05, 3.63) is 24.3 Å². The Balaban J connectivity index is 1.85. The van der Waals surface area contributed by atoms with Gasteiger partial charge in [-0.25, -0.2) is 9.79 Å². The number of amides is 1. The van der Waals surface area contributed by atoms with Gasteiger partial charge in [0.25, 0.3) is 0 Å². The highest BCUT2D eigenvalue weighted by molar-refractivity contribution is 5.80. The number of ether oxygens (including phenoxy) is 1. The molecule has 1 amide bonds. The number of nitrogens with one attached hydrogen (secondary N) is 3. The third-order valence-electron chi connectivity index (χ3n) is 4.76. The highest BCUT2D eigenvalue weighted by Gasteiger charge is 2.25. The van der Waals surface area contributed by atoms with Gasteiger partial charge in [0.05, 0.1) is 0 Å². The summed E-state index contributed by atoms with van der Waals surface area (Å²) in [6, 6.07) is 0.440. The van der Waals surface area contributed by atoms with Crippen LogP contribution in [0.25, 0.3) is 0 Å². The van der Waals surface area contributed by atoms with E-state index in [1.54, 1.807) is 6.08 Å². The topological polar surface area (TPSA) is 105 Å². The van der Waals surface area contributed by atoms with Gasteiger partial charge in [-0.1, -0.05) is 6.08 Å². The first-order valence-electron chi connectivity index (χ1n) is 10.2. The molecule has 0 bridgehead atoms. The Morgan fingerprint density at radius 1 is 1.24 bits per heavy atom. The van der Waals surface area contributed by atoms with E-state index in [1.165, 1.54) is 0 Å². The second-order valence-electron chi connectivity index (χ2n) is 8.40. The van der Waals surface area contributed by atoms with Crippen molar-refractivity contribution in [2.45, 2.75) is 77.6 Å². The van der Waals surface area contributed by atoms with E-state index in [2.05, 4.69) is 37.7 Å². The molecule has 0 unspecified atom stereocenters. The number of alkyl carbamates (subject to hydrolysis) is 1. The van der Waals surface area contributed by atoms with Crippen molar-refractivity contribution in [2.75, 3.05) is 6.54 Å². The summed E-state index contributed by atoms with van der Waals surface area (Å²) in [5.74, 6) is 2.40. The highest BCUT2D eigenvalue weighted by atomic mass is 16.6. The van der Waals surface area contributed by atoms with E-state index in [4.69, 9.17) is 4.74 Å². The molecule has 1 fully saturated rings. The number of aromatic nitrogens is 3. The Morgan fingerprint density at radius 3 is 2.38 bits per heavy atom. The number of guanidine groups is 1. The summed E-state index contributed by atoms with van der Waals surface area (Å²) < 4.78 is 7.28. The Morgan fingerprint density at radius 2 is 1.86 bits per heavy atom. The van der Waals surface area contributed by atoms with Gasteiger partial charge in [0, 0.05) is 25.7 Å². The Bertz CT molecular complexity index is 713. The monoisotopic (exact) mass is 405 g/mol. The lowest BCUT2D eigenvalue weighted by Gasteiger charge is -2.31. The van der Waals surface area contributed by atoms with Crippen LogP contribution in [0.3, 0.4) is 0 Å². The zero-order valence-corrected chi connectivity index (χ0v) is 18.3. The number of carbonyl (C=O) groups excluding carboxylic acids is 1. The molecule has 162 valence electrons. The third-order valence-corrected chi connectivity index (χ3v) is 4.76. The number of hydrogen-bond acceptors (Lipinski definition) is 5. The van der Waals surface area contributed by atoms with Gasteiger partial charge in [-0.2, -0.15) is 0 Å². The quantitative estimate of drug-likeness (QED) is 0.381. The first-order chi connectivity index (χ1) is 13.7. The Labute approximate surface area is 173 Å². The van der Waals surface area contributed by atoms with Gasteiger partial charge >= 0.3 is 6.09 Å². The number of carbonyl (C=O) groups is 1. The van der Waals surface area contributed by atoms with Gasteiger partial charge < -0.3 is 25.3 Å². The van der Waals surface area contributed by atoms with Gasteiger partial charge in [0.15, 0.2) is 11.8 Å². The van der Waals surface area contributed by atoms with E-state index < -0.39 is 5.60 Å². The van der Waals surface area contributed by atoms with Crippen LogP contribution in [0.2, 0.25) is 0 Å². The summed E-state index contributed by atoms with van der Waals surface area (Å²) >= 11 is 0. The minimum Gasteiger partial charge on any atom is -0.444 e. The van der Waals surface area contributed by atoms with Crippen LogP contribution >= 0.6 is 0 Å². The normalized spacial score (nSPS) is 20.1. The molecule has 0 atom stereocenters. The molecular formula is C20H35N7O2. The van der Waals surface area contributed by atoms with Crippen LogP contribution in [0.5, 0.6) is 0 Å². The second kappa shape index (κ2) is 10.3. The van der Waals surface area contributed by atoms with E-state index in [0.717, 1.165) is 43.3 Å². The van der Waals surface area contributed by atoms with Crippen molar-refractivity contribution < 1.29 is 9.53 Å². The van der Waals surface area contributed by atoms with Crippen molar-refractivity contribution in [2.24, 2.45) is 12.0 Å². The minimum absolute atomic E-state index is 0.144. The number of hydrogen-bond donors (Lipinski definition) is 3. The van der Waals surface area contributed by atoms with Gasteiger partial charge in [-0.15, -0.1) is 16.8 Å². The third kappa shape index (κ3) is 7.75. The van der Waals surface area contributed by atoms with E-state index >= 15 is 0 Å². The molecule has 1 aromatic heterocycles. The summed E-state index contributed by atoms with van der Waals surface area (Å²) in [6.07, 6.45) is 5.13. The average molecular weight is 406 g/mol. The lowest BCUT2D eigenvalue weighted by atomic mass is 9.91. The van der Waals surface area contributed by atoms with Crippen LogP contribution in [0.1, 0.15) is 58.1 Å². The molecule has 0 aliphatic heterocycles. The molecule has 9 heteroatoms. The highest BCUT2D eigenvalue weighted by Crippen LogP contribution is 2.19. The lowest BCUT2D eigenvalue weighted by Crippen LogP contribution is -2.48. The predicted octanol–water partition coefficient (Wildman–Crippen LogP) is 2.18. The van der Waals surface area contributed by atoms with Crippen molar-refractivity contribution in [3.8, 4) is 0 Å². The molecule has 1 aliphatic carbocycles. The zero-order chi connectivity index (χ0) is 21.4.